The Labute approximate surface area is 40.2 Å². The quantitative estimate of drug-likeness (QED) is 0.569. The van der Waals surface area contributed by atoms with Gasteiger partial charge in [-0.25, -0.2) is 9.13 Å². The summed E-state index contributed by atoms with van der Waals surface area (Å²) in [6.07, 6.45) is 0. The van der Waals surface area contributed by atoms with E-state index in [-0.39, 0.29) is 0 Å². The average molecular weight is 144 g/mol. The van der Waals surface area contributed by atoms with E-state index in [1.165, 1.54) is 0 Å². The van der Waals surface area contributed by atoms with Gasteiger partial charge in [0.2, 0.25) is 0 Å². The van der Waals surface area contributed by atoms with E-state index < -0.39 is 16.2 Å². The molecule has 0 aromatic rings. The van der Waals surface area contributed by atoms with Crippen molar-refractivity contribution in [2.24, 2.45) is 0 Å². The summed E-state index contributed by atoms with van der Waals surface area (Å²) in [5, 5.41) is 0. The van der Waals surface area contributed by atoms with Crippen LogP contribution in [0.4, 0.5) is 0 Å². The van der Waals surface area contributed by atoms with Gasteiger partial charge in [-0.3, -0.25) is 4.57 Å². The minimum atomic E-state index is -3.28. The van der Waals surface area contributed by atoms with Crippen LogP contribution in [0.3, 0.4) is 0 Å². The van der Waals surface area contributed by atoms with Crippen molar-refractivity contribution in [3.63, 3.8) is 0 Å². The standard InChI is InChI=1S/H2O5P2/c1-6(2)5-7(3)4/h6H,(H,1,2). The fourth-order valence-corrected chi connectivity index (χ4v) is 0.574. The molecule has 1 unspecified atom stereocenters. The van der Waals surface area contributed by atoms with E-state index in [1.807, 2.05) is 0 Å². The van der Waals surface area contributed by atoms with Crippen LogP contribution < -0.4 is 0 Å². The highest BCUT2D eigenvalue weighted by atomic mass is 31.2. The second-order valence-electron chi connectivity index (χ2n) is 0.581. The molecule has 7 heteroatoms. The second kappa shape index (κ2) is 3.10. The van der Waals surface area contributed by atoms with Gasteiger partial charge < -0.3 is 4.89 Å². The Morgan fingerprint density at radius 1 is 1.57 bits per heavy atom. The SMILES string of the molecule is O=P(=O)O[PH](=O)O. The molecule has 0 aliphatic carbocycles. The van der Waals surface area contributed by atoms with E-state index in [2.05, 4.69) is 4.31 Å². The first-order chi connectivity index (χ1) is 3.13. The van der Waals surface area contributed by atoms with Gasteiger partial charge in [-0.05, 0) is 0 Å². The summed E-state index contributed by atoms with van der Waals surface area (Å²) in [6.45, 7) is 0. The van der Waals surface area contributed by atoms with Gasteiger partial charge in [0.25, 0.3) is 0 Å². The summed E-state index contributed by atoms with van der Waals surface area (Å²) in [5.41, 5.74) is 0. The Balaban J connectivity index is 3.53. The third-order valence-corrected chi connectivity index (χ3v) is 1.37. The van der Waals surface area contributed by atoms with E-state index in [0.717, 1.165) is 0 Å². The van der Waals surface area contributed by atoms with Crippen LogP contribution in [-0.4, -0.2) is 4.89 Å². The minimum absolute atomic E-state index is 3.16. The topological polar surface area (TPSA) is 80.7 Å². The van der Waals surface area contributed by atoms with Crippen LogP contribution in [0, 0.1) is 0 Å². The van der Waals surface area contributed by atoms with Crippen LogP contribution in [0.1, 0.15) is 0 Å². The summed E-state index contributed by atoms with van der Waals surface area (Å²) >= 11 is 0. The smallest absolute Gasteiger partial charge is 0.326 e. The van der Waals surface area contributed by atoms with Crippen molar-refractivity contribution in [3.05, 3.63) is 0 Å². The largest absolute Gasteiger partial charge is 0.475 e. The van der Waals surface area contributed by atoms with Crippen LogP contribution in [0.15, 0.2) is 0 Å². The minimum Gasteiger partial charge on any atom is -0.326 e. The molecule has 42 valence electrons. The molecule has 0 aromatic heterocycles. The summed E-state index contributed by atoms with van der Waals surface area (Å²) < 4.78 is 31.3. The molecular weight excluding hydrogens is 142 g/mol. The van der Waals surface area contributed by atoms with E-state index in [1.54, 1.807) is 0 Å². The lowest BCUT2D eigenvalue weighted by atomic mass is 15.8. The van der Waals surface area contributed by atoms with Gasteiger partial charge in [0.1, 0.15) is 0 Å². The van der Waals surface area contributed by atoms with Gasteiger partial charge in [0.15, 0.2) is 0 Å². The molecular formula is H2O5P2. The highest BCUT2D eigenvalue weighted by Crippen LogP contribution is 2.25. The maximum Gasteiger partial charge on any atom is 0.475 e. The Kier molecular flexibility index (Phi) is 3.13. The van der Waals surface area contributed by atoms with Crippen molar-refractivity contribution < 1.29 is 22.9 Å². The predicted molar refractivity (Wildman–Crippen MR) is 20.6 cm³/mol. The van der Waals surface area contributed by atoms with Crippen molar-refractivity contribution in [1.82, 2.24) is 0 Å². The molecule has 0 fully saturated rings. The summed E-state index contributed by atoms with van der Waals surface area (Å²) in [5.74, 6) is 0. The van der Waals surface area contributed by atoms with Gasteiger partial charge in [-0.2, -0.15) is 4.31 Å². The van der Waals surface area contributed by atoms with Gasteiger partial charge in [-0.15, -0.1) is 0 Å². The lowest BCUT2D eigenvalue weighted by molar-refractivity contribution is 0.389. The average Bonchev–Trinajstić information content (AvgIpc) is 1.27. The predicted octanol–water partition coefficient (Wildman–Crippen LogP) is 0.473. The molecule has 7 heavy (non-hydrogen) atoms. The molecule has 0 aliphatic heterocycles. The summed E-state index contributed by atoms with van der Waals surface area (Å²) in [4.78, 5) is 7.66. The van der Waals surface area contributed by atoms with Gasteiger partial charge in [0.05, 0.1) is 0 Å². The molecule has 5 nitrogen and oxygen atoms in total. The number of rotatable bonds is 2. The molecule has 0 bridgehead atoms. The maximum atomic E-state index is 9.39. The lowest BCUT2D eigenvalue weighted by Crippen LogP contribution is -1.51. The van der Waals surface area contributed by atoms with Gasteiger partial charge in [0, 0.05) is 0 Å². The highest BCUT2D eigenvalue weighted by Gasteiger charge is 1.92. The molecule has 0 radical (unpaired) electrons. The third kappa shape index (κ3) is 6.05. The Morgan fingerprint density at radius 2 is 2.00 bits per heavy atom. The van der Waals surface area contributed by atoms with Gasteiger partial charge in [-0.1, -0.05) is 0 Å². The van der Waals surface area contributed by atoms with Crippen LogP contribution in [0.5, 0.6) is 0 Å². The van der Waals surface area contributed by atoms with E-state index in [4.69, 9.17) is 4.89 Å². The normalized spacial score (nSPS) is 13.3. The molecule has 0 aromatic carbocycles. The second-order valence-corrected chi connectivity index (χ2v) is 2.29. The molecule has 0 saturated carbocycles. The lowest BCUT2D eigenvalue weighted by Gasteiger charge is -1.76. The summed E-state index contributed by atoms with van der Waals surface area (Å²) in [6, 6.07) is 0. The van der Waals surface area contributed by atoms with Crippen molar-refractivity contribution in [3.8, 4) is 0 Å². The fraction of sp³-hybridized carbons (Fsp3) is 0. The molecule has 0 saturated heterocycles. The van der Waals surface area contributed by atoms with Crippen LogP contribution >= 0.6 is 16.2 Å². The third-order valence-electron chi connectivity index (χ3n) is 0.153. The van der Waals surface area contributed by atoms with Crippen molar-refractivity contribution >= 4 is 16.2 Å². The fourth-order valence-electron chi connectivity index (χ4n) is 0.0638. The van der Waals surface area contributed by atoms with Crippen molar-refractivity contribution in [1.29, 1.82) is 0 Å². The maximum absolute atomic E-state index is 9.39. The zero-order valence-corrected chi connectivity index (χ0v) is 4.92. The molecule has 0 rings (SSSR count). The van der Waals surface area contributed by atoms with Crippen LogP contribution in [0.25, 0.3) is 0 Å². The molecule has 1 atom stereocenters. The molecule has 0 aliphatic rings. The molecule has 0 amide bonds. The first-order valence-corrected chi connectivity index (χ1v) is 3.54. The first-order valence-electron chi connectivity index (χ1n) is 1.18. The van der Waals surface area contributed by atoms with E-state index in [0.29, 0.717) is 0 Å². The van der Waals surface area contributed by atoms with Crippen molar-refractivity contribution in [2.45, 2.75) is 0 Å². The van der Waals surface area contributed by atoms with Crippen LogP contribution in [0.2, 0.25) is 0 Å². The zero-order valence-electron chi connectivity index (χ0n) is 3.03. The Morgan fingerprint density at radius 3 is 2.00 bits per heavy atom. The number of hydrogen-bond donors (Lipinski definition) is 1. The molecule has 0 heterocycles. The molecule has 1 N–H and O–H groups in total. The van der Waals surface area contributed by atoms with Crippen molar-refractivity contribution in [2.75, 3.05) is 0 Å². The first kappa shape index (κ1) is 7.05. The Hall–Kier alpha value is 0.0500. The highest BCUT2D eigenvalue weighted by molar-refractivity contribution is 7.43. The van der Waals surface area contributed by atoms with Crippen LogP contribution in [-0.2, 0) is 18.0 Å². The van der Waals surface area contributed by atoms with E-state index in [9.17, 15) is 13.7 Å². The van der Waals surface area contributed by atoms with E-state index >= 15 is 0 Å². The zero-order chi connectivity index (χ0) is 5.86. The molecule has 0 spiro atoms. The summed E-state index contributed by atoms with van der Waals surface area (Å²) in [7, 11) is -6.44. The number of hydrogen-bond acceptors (Lipinski definition) is 4. The monoisotopic (exact) mass is 144 g/mol. The van der Waals surface area contributed by atoms with Gasteiger partial charge >= 0.3 is 16.2 Å². The Bertz CT molecular complexity index is 123.